The van der Waals surface area contributed by atoms with E-state index in [9.17, 15) is 9.59 Å². The molecular formula is C14H17ClO2. The Balaban J connectivity index is 2.46. The number of carbonyl (C=O) groups is 2. The van der Waals surface area contributed by atoms with Gasteiger partial charge < -0.3 is 0 Å². The van der Waals surface area contributed by atoms with E-state index in [2.05, 4.69) is 6.92 Å². The van der Waals surface area contributed by atoms with Crippen molar-refractivity contribution in [2.75, 3.05) is 0 Å². The molecule has 0 fully saturated rings. The summed E-state index contributed by atoms with van der Waals surface area (Å²) in [5, 5.41) is 0.522. The molecular weight excluding hydrogens is 236 g/mol. The second-order valence-electron chi connectivity index (χ2n) is 4.11. The zero-order valence-corrected chi connectivity index (χ0v) is 10.8. The lowest BCUT2D eigenvalue weighted by Crippen LogP contribution is -2.08. The van der Waals surface area contributed by atoms with E-state index >= 15 is 0 Å². The summed E-state index contributed by atoms with van der Waals surface area (Å²) in [6.07, 6.45) is 3.48. The highest BCUT2D eigenvalue weighted by Crippen LogP contribution is 2.13. The summed E-state index contributed by atoms with van der Waals surface area (Å²) in [6, 6.07) is 6.72. The van der Waals surface area contributed by atoms with Gasteiger partial charge in [0, 0.05) is 17.0 Å². The molecule has 0 aliphatic carbocycles. The first-order valence-corrected chi connectivity index (χ1v) is 6.31. The number of hydrogen-bond acceptors (Lipinski definition) is 2. The predicted molar refractivity (Wildman–Crippen MR) is 69.5 cm³/mol. The number of carbonyl (C=O) groups excluding carboxylic acids is 2. The van der Waals surface area contributed by atoms with Gasteiger partial charge in [-0.15, -0.1) is 0 Å². The molecule has 0 amide bonds. The van der Waals surface area contributed by atoms with Crippen LogP contribution in [-0.4, -0.2) is 11.6 Å². The number of rotatable bonds is 7. The molecule has 0 unspecified atom stereocenters. The van der Waals surface area contributed by atoms with Gasteiger partial charge in [0.05, 0.1) is 6.42 Å². The number of unbranched alkanes of at least 4 members (excludes halogenated alkanes) is 2. The fourth-order valence-corrected chi connectivity index (χ4v) is 1.79. The summed E-state index contributed by atoms with van der Waals surface area (Å²) in [5.74, 6) is -0.127. The first kappa shape index (κ1) is 13.9. The third-order valence-electron chi connectivity index (χ3n) is 2.56. The van der Waals surface area contributed by atoms with Crippen LogP contribution in [0.25, 0.3) is 0 Å². The first-order valence-electron chi connectivity index (χ1n) is 5.94. The molecule has 0 N–H and O–H groups in total. The van der Waals surface area contributed by atoms with Crippen molar-refractivity contribution in [2.45, 2.75) is 39.0 Å². The second kappa shape index (κ2) is 7.23. The number of halogens is 1. The Bertz CT molecular complexity index is 399. The zero-order valence-electron chi connectivity index (χ0n) is 10.0. The number of hydrogen-bond donors (Lipinski definition) is 0. The summed E-state index contributed by atoms with van der Waals surface area (Å²) in [7, 11) is 0. The molecule has 0 saturated heterocycles. The van der Waals surface area contributed by atoms with E-state index in [0.717, 1.165) is 19.3 Å². The van der Waals surface area contributed by atoms with Crippen molar-refractivity contribution in [1.82, 2.24) is 0 Å². The minimum atomic E-state index is -0.144. The van der Waals surface area contributed by atoms with Gasteiger partial charge in [0.2, 0.25) is 0 Å². The van der Waals surface area contributed by atoms with Crippen molar-refractivity contribution in [3.63, 3.8) is 0 Å². The molecule has 0 atom stereocenters. The van der Waals surface area contributed by atoms with Crippen LogP contribution in [0.3, 0.4) is 0 Å². The highest BCUT2D eigenvalue weighted by molar-refractivity contribution is 6.31. The van der Waals surface area contributed by atoms with E-state index in [1.54, 1.807) is 24.3 Å². The van der Waals surface area contributed by atoms with Gasteiger partial charge >= 0.3 is 0 Å². The molecule has 1 aromatic rings. The van der Waals surface area contributed by atoms with Crippen LogP contribution in [0.1, 0.15) is 49.4 Å². The van der Waals surface area contributed by atoms with Crippen molar-refractivity contribution >= 4 is 23.2 Å². The SMILES string of the molecule is CCCCCC(=O)CC(=O)c1cccc(Cl)c1. The van der Waals surface area contributed by atoms with Gasteiger partial charge in [-0.05, 0) is 18.6 Å². The molecule has 0 bridgehead atoms. The van der Waals surface area contributed by atoms with Crippen LogP contribution in [0.15, 0.2) is 24.3 Å². The molecule has 92 valence electrons. The molecule has 0 spiro atoms. The Hall–Kier alpha value is -1.15. The maximum atomic E-state index is 11.8. The van der Waals surface area contributed by atoms with Crippen LogP contribution in [0.2, 0.25) is 5.02 Å². The van der Waals surface area contributed by atoms with Gasteiger partial charge in [0.15, 0.2) is 5.78 Å². The molecule has 0 aliphatic rings. The molecule has 0 heterocycles. The van der Waals surface area contributed by atoms with Gasteiger partial charge in [0.25, 0.3) is 0 Å². The number of benzene rings is 1. The van der Waals surface area contributed by atoms with Gasteiger partial charge in [-0.3, -0.25) is 9.59 Å². The van der Waals surface area contributed by atoms with Crippen molar-refractivity contribution in [2.24, 2.45) is 0 Å². The van der Waals surface area contributed by atoms with Crippen molar-refractivity contribution < 1.29 is 9.59 Å². The fraction of sp³-hybridized carbons (Fsp3) is 0.429. The van der Waals surface area contributed by atoms with Crippen LogP contribution >= 0.6 is 11.6 Å². The fourth-order valence-electron chi connectivity index (χ4n) is 1.60. The van der Waals surface area contributed by atoms with E-state index in [-0.39, 0.29) is 18.0 Å². The molecule has 0 aliphatic heterocycles. The average molecular weight is 253 g/mol. The minimum Gasteiger partial charge on any atom is -0.299 e. The monoisotopic (exact) mass is 252 g/mol. The lowest BCUT2D eigenvalue weighted by Gasteiger charge is -2.01. The number of Topliss-reactive ketones (excluding diaryl/α,β-unsaturated/α-hetero) is 2. The lowest BCUT2D eigenvalue weighted by atomic mass is 10.0. The Morgan fingerprint density at radius 1 is 1.24 bits per heavy atom. The van der Waals surface area contributed by atoms with E-state index < -0.39 is 0 Å². The highest BCUT2D eigenvalue weighted by atomic mass is 35.5. The van der Waals surface area contributed by atoms with E-state index in [1.165, 1.54) is 0 Å². The molecule has 17 heavy (non-hydrogen) atoms. The summed E-state index contributed by atoms with van der Waals surface area (Å²) in [4.78, 5) is 23.3. The van der Waals surface area contributed by atoms with Crippen LogP contribution in [-0.2, 0) is 4.79 Å². The number of ketones is 2. The average Bonchev–Trinajstić information content (AvgIpc) is 2.29. The molecule has 1 rings (SSSR count). The van der Waals surface area contributed by atoms with E-state index in [4.69, 9.17) is 11.6 Å². The first-order chi connectivity index (χ1) is 8.13. The van der Waals surface area contributed by atoms with Crippen LogP contribution in [0, 0.1) is 0 Å². The minimum absolute atomic E-state index is 0.00986. The van der Waals surface area contributed by atoms with Gasteiger partial charge in [-0.1, -0.05) is 43.5 Å². The van der Waals surface area contributed by atoms with Crippen molar-refractivity contribution in [1.29, 1.82) is 0 Å². The molecule has 0 radical (unpaired) electrons. The van der Waals surface area contributed by atoms with Crippen molar-refractivity contribution in [3.05, 3.63) is 34.9 Å². The maximum absolute atomic E-state index is 11.8. The van der Waals surface area contributed by atoms with Crippen LogP contribution in [0.5, 0.6) is 0 Å². The Labute approximate surface area is 107 Å². The van der Waals surface area contributed by atoms with E-state index in [1.807, 2.05) is 0 Å². The Morgan fingerprint density at radius 3 is 2.65 bits per heavy atom. The highest BCUT2D eigenvalue weighted by Gasteiger charge is 2.11. The van der Waals surface area contributed by atoms with Gasteiger partial charge in [-0.25, -0.2) is 0 Å². The lowest BCUT2D eigenvalue weighted by molar-refractivity contribution is -0.118. The van der Waals surface area contributed by atoms with Crippen LogP contribution < -0.4 is 0 Å². The van der Waals surface area contributed by atoms with Crippen molar-refractivity contribution in [3.8, 4) is 0 Å². The van der Waals surface area contributed by atoms with Gasteiger partial charge in [0.1, 0.15) is 5.78 Å². The topological polar surface area (TPSA) is 34.1 Å². The zero-order chi connectivity index (χ0) is 12.7. The second-order valence-corrected chi connectivity index (χ2v) is 4.54. The molecule has 0 saturated carbocycles. The quantitative estimate of drug-likeness (QED) is 0.417. The summed E-state index contributed by atoms with van der Waals surface area (Å²) in [5.41, 5.74) is 0.515. The largest absolute Gasteiger partial charge is 0.299 e. The summed E-state index contributed by atoms with van der Waals surface area (Å²) in [6.45, 7) is 2.08. The molecule has 2 nitrogen and oxygen atoms in total. The molecule has 0 aromatic heterocycles. The predicted octanol–water partition coefficient (Wildman–Crippen LogP) is 4.06. The summed E-state index contributed by atoms with van der Waals surface area (Å²) < 4.78 is 0. The standard InChI is InChI=1S/C14H17ClO2/c1-2-3-4-8-13(16)10-14(17)11-6-5-7-12(15)9-11/h5-7,9H,2-4,8,10H2,1H3. The Kier molecular flexibility index (Phi) is 5.92. The summed E-state index contributed by atoms with van der Waals surface area (Å²) >= 11 is 5.79. The van der Waals surface area contributed by atoms with Crippen LogP contribution in [0.4, 0.5) is 0 Å². The third kappa shape index (κ3) is 5.14. The smallest absolute Gasteiger partial charge is 0.170 e. The van der Waals surface area contributed by atoms with E-state index in [0.29, 0.717) is 17.0 Å². The molecule has 3 heteroatoms. The van der Waals surface area contributed by atoms with Gasteiger partial charge in [-0.2, -0.15) is 0 Å². The molecule has 1 aromatic carbocycles. The Morgan fingerprint density at radius 2 is 2.00 bits per heavy atom. The normalized spacial score (nSPS) is 10.2. The maximum Gasteiger partial charge on any atom is 0.170 e. The third-order valence-corrected chi connectivity index (χ3v) is 2.80.